The molecule has 7 heteroatoms. The summed E-state index contributed by atoms with van der Waals surface area (Å²) >= 11 is 0. The number of halogens is 1. The molecule has 0 bridgehead atoms. The Kier molecular flexibility index (Phi) is 6.24. The number of nitrogens with one attached hydrogen (secondary N) is 1. The van der Waals surface area contributed by atoms with Crippen molar-refractivity contribution in [3.63, 3.8) is 0 Å². The Morgan fingerprint density at radius 1 is 1.04 bits per heavy atom. The molecule has 1 unspecified atom stereocenters. The van der Waals surface area contributed by atoms with Gasteiger partial charge >= 0.3 is 0 Å². The van der Waals surface area contributed by atoms with Crippen LogP contribution in [-0.4, -0.2) is 60.4 Å². The molecule has 144 valence electrons. The van der Waals surface area contributed by atoms with E-state index >= 15 is 0 Å². The Bertz CT molecular complexity index is 608. The Hall–Kier alpha value is -1.53. The van der Waals surface area contributed by atoms with Crippen molar-refractivity contribution in [1.29, 1.82) is 0 Å². The third kappa shape index (κ3) is 3.76. The van der Waals surface area contributed by atoms with Crippen LogP contribution >= 0.6 is 12.4 Å². The van der Waals surface area contributed by atoms with Gasteiger partial charge in [0.2, 0.25) is 5.91 Å². The normalized spacial score (nSPS) is 28.8. The van der Waals surface area contributed by atoms with Gasteiger partial charge < -0.3 is 19.5 Å². The van der Waals surface area contributed by atoms with Crippen molar-refractivity contribution < 1.29 is 14.0 Å². The molecule has 3 saturated heterocycles. The number of likely N-dealkylation sites (tertiary alicyclic amines) is 2. The number of fused-ring (bicyclic) bond motifs is 1. The molecule has 3 fully saturated rings. The van der Waals surface area contributed by atoms with Crippen LogP contribution in [0.15, 0.2) is 22.8 Å². The summed E-state index contributed by atoms with van der Waals surface area (Å²) < 4.78 is 5.27. The topological polar surface area (TPSA) is 65.8 Å². The van der Waals surface area contributed by atoms with Gasteiger partial charge in [-0.25, -0.2) is 0 Å². The van der Waals surface area contributed by atoms with Crippen LogP contribution in [-0.2, 0) is 4.79 Å². The van der Waals surface area contributed by atoms with E-state index < -0.39 is 0 Å². The molecular weight excluding hydrogens is 354 g/mol. The fourth-order valence-corrected chi connectivity index (χ4v) is 4.62. The summed E-state index contributed by atoms with van der Waals surface area (Å²) in [5.41, 5.74) is 0. The highest BCUT2D eigenvalue weighted by Gasteiger charge is 2.38. The smallest absolute Gasteiger partial charge is 0.290 e. The monoisotopic (exact) mass is 381 g/mol. The molecule has 1 aromatic rings. The second-order valence-electron chi connectivity index (χ2n) is 7.57. The zero-order chi connectivity index (χ0) is 17.2. The Labute approximate surface area is 160 Å². The van der Waals surface area contributed by atoms with Gasteiger partial charge in [0.1, 0.15) is 6.04 Å². The highest BCUT2D eigenvalue weighted by molar-refractivity contribution is 5.95. The van der Waals surface area contributed by atoms with Crippen LogP contribution in [0.4, 0.5) is 0 Å². The lowest BCUT2D eigenvalue weighted by molar-refractivity contribution is -0.137. The number of amides is 2. The first kappa shape index (κ1) is 19.2. The number of carbonyl (C=O) groups is 2. The number of piperidine rings is 1. The maximum atomic E-state index is 13.2. The molecule has 1 aromatic heterocycles. The lowest BCUT2D eigenvalue weighted by atomic mass is 9.92. The van der Waals surface area contributed by atoms with Gasteiger partial charge in [-0.05, 0) is 69.2 Å². The lowest BCUT2D eigenvalue weighted by Crippen LogP contribution is -2.53. The molecular formula is C19H28ClN3O3. The summed E-state index contributed by atoms with van der Waals surface area (Å²) in [6.45, 7) is 4.44. The van der Waals surface area contributed by atoms with Gasteiger partial charge in [0.05, 0.1) is 6.26 Å². The predicted octanol–water partition coefficient (Wildman–Crippen LogP) is 2.15. The van der Waals surface area contributed by atoms with Crippen molar-refractivity contribution in [3.05, 3.63) is 24.2 Å². The highest BCUT2D eigenvalue weighted by Crippen LogP contribution is 2.29. The summed E-state index contributed by atoms with van der Waals surface area (Å²) in [6, 6.07) is 3.07. The minimum atomic E-state index is -0.331. The molecule has 3 aliphatic rings. The first-order chi connectivity index (χ1) is 12.2. The quantitative estimate of drug-likeness (QED) is 0.852. The summed E-state index contributed by atoms with van der Waals surface area (Å²) in [4.78, 5) is 29.7. The number of rotatable bonds is 2. The van der Waals surface area contributed by atoms with E-state index in [0.717, 1.165) is 58.3 Å². The van der Waals surface area contributed by atoms with Gasteiger partial charge in [-0.2, -0.15) is 0 Å². The van der Waals surface area contributed by atoms with Gasteiger partial charge in [-0.1, -0.05) is 0 Å². The van der Waals surface area contributed by atoms with Crippen molar-refractivity contribution in [2.45, 2.75) is 38.1 Å². The molecule has 0 radical (unpaired) electrons. The Morgan fingerprint density at radius 2 is 1.77 bits per heavy atom. The van der Waals surface area contributed by atoms with E-state index in [0.29, 0.717) is 24.1 Å². The van der Waals surface area contributed by atoms with Crippen molar-refractivity contribution in [1.82, 2.24) is 15.1 Å². The first-order valence-corrected chi connectivity index (χ1v) is 9.58. The first-order valence-electron chi connectivity index (χ1n) is 9.58. The standard InChI is InChI=1S/C19H27N3O3.ClH/c23-18(21-9-6-14-12-20-13-15(14)7-10-21)16-4-1-2-8-22(16)19(24)17-5-3-11-25-17;/h3,5,11,14-16,20H,1-2,4,6-10,12-13H2;1H/t14-,15+,16?;. The third-order valence-electron chi connectivity index (χ3n) is 6.11. The summed E-state index contributed by atoms with van der Waals surface area (Å²) in [5.74, 6) is 1.71. The molecule has 0 spiro atoms. The van der Waals surface area contributed by atoms with Crippen LogP contribution in [0, 0.1) is 11.8 Å². The van der Waals surface area contributed by atoms with Gasteiger partial charge in [-0.3, -0.25) is 9.59 Å². The molecule has 0 saturated carbocycles. The fourth-order valence-electron chi connectivity index (χ4n) is 4.62. The van der Waals surface area contributed by atoms with Gasteiger partial charge in [0, 0.05) is 19.6 Å². The number of hydrogen-bond donors (Lipinski definition) is 1. The second kappa shape index (κ2) is 8.44. The number of furan rings is 1. The molecule has 4 rings (SSSR count). The third-order valence-corrected chi connectivity index (χ3v) is 6.11. The van der Waals surface area contributed by atoms with Crippen LogP contribution in [0.2, 0.25) is 0 Å². The summed E-state index contributed by atoms with van der Waals surface area (Å²) in [5, 5.41) is 3.47. The van der Waals surface area contributed by atoms with Crippen LogP contribution in [0.1, 0.15) is 42.7 Å². The van der Waals surface area contributed by atoms with Gasteiger partial charge in [0.25, 0.3) is 5.91 Å². The Morgan fingerprint density at radius 3 is 2.42 bits per heavy atom. The van der Waals surface area contributed by atoms with Crippen LogP contribution in [0.25, 0.3) is 0 Å². The van der Waals surface area contributed by atoms with Crippen molar-refractivity contribution in [2.75, 3.05) is 32.7 Å². The molecule has 6 nitrogen and oxygen atoms in total. The van der Waals surface area contributed by atoms with Gasteiger partial charge in [-0.15, -0.1) is 12.4 Å². The van der Waals surface area contributed by atoms with E-state index in [1.165, 1.54) is 6.26 Å². The second-order valence-corrected chi connectivity index (χ2v) is 7.57. The maximum absolute atomic E-state index is 13.2. The van der Waals surface area contributed by atoms with E-state index in [9.17, 15) is 9.59 Å². The summed E-state index contributed by atoms with van der Waals surface area (Å²) in [6.07, 6.45) is 6.36. The molecule has 2 amide bonds. The molecule has 3 atom stereocenters. The number of hydrogen-bond acceptors (Lipinski definition) is 4. The largest absolute Gasteiger partial charge is 0.459 e. The van der Waals surface area contributed by atoms with Crippen molar-refractivity contribution >= 4 is 24.2 Å². The average Bonchev–Trinajstić information content (AvgIpc) is 3.30. The molecule has 1 N–H and O–H groups in total. The lowest BCUT2D eigenvalue weighted by Gasteiger charge is -2.37. The minimum absolute atomic E-state index is 0. The molecule has 0 aromatic carbocycles. The van der Waals surface area contributed by atoms with Crippen molar-refractivity contribution in [3.8, 4) is 0 Å². The Balaban J connectivity index is 0.00000196. The van der Waals surface area contributed by atoms with Crippen molar-refractivity contribution in [2.24, 2.45) is 11.8 Å². The molecule has 0 aliphatic carbocycles. The van der Waals surface area contributed by atoms with Gasteiger partial charge in [0.15, 0.2) is 5.76 Å². The molecule has 3 aliphatic heterocycles. The zero-order valence-electron chi connectivity index (χ0n) is 15.1. The molecule has 4 heterocycles. The zero-order valence-corrected chi connectivity index (χ0v) is 15.9. The van der Waals surface area contributed by atoms with E-state index in [2.05, 4.69) is 5.32 Å². The fraction of sp³-hybridized carbons (Fsp3) is 0.684. The average molecular weight is 382 g/mol. The van der Waals surface area contributed by atoms with E-state index in [1.54, 1.807) is 17.0 Å². The van der Waals surface area contributed by atoms with E-state index in [-0.39, 0.29) is 30.3 Å². The van der Waals surface area contributed by atoms with Crippen LogP contribution < -0.4 is 5.32 Å². The predicted molar refractivity (Wildman–Crippen MR) is 100 cm³/mol. The maximum Gasteiger partial charge on any atom is 0.290 e. The SMILES string of the molecule is Cl.O=C(C1CCCCN1C(=O)c1ccco1)N1CC[C@@H]2CNC[C@@H]2CC1. The van der Waals surface area contributed by atoms with E-state index in [1.807, 2.05) is 4.90 Å². The highest BCUT2D eigenvalue weighted by atomic mass is 35.5. The molecule has 26 heavy (non-hydrogen) atoms. The van der Waals surface area contributed by atoms with Crippen LogP contribution in [0.5, 0.6) is 0 Å². The summed E-state index contributed by atoms with van der Waals surface area (Å²) in [7, 11) is 0. The van der Waals surface area contributed by atoms with Crippen LogP contribution in [0.3, 0.4) is 0 Å². The number of nitrogens with zero attached hydrogens (tertiary/aromatic N) is 2. The minimum Gasteiger partial charge on any atom is -0.459 e. The number of carbonyl (C=O) groups excluding carboxylic acids is 2. The van der Waals surface area contributed by atoms with E-state index in [4.69, 9.17) is 4.42 Å².